The van der Waals surface area contributed by atoms with Gasteiger partial charge < -0.3 is 4.74 Å². The predicted octanol–water partition coefficient (Wildman–Crippen LogP) is 0.788. The van der Waals surface area contributed by atoms with E-state index < -0.39 is 0 Å². The van der Waals surface area contributed by atoms with Gasteiger partial charge in [0, 0.05) is 6.54 Å². The van der Waals surface area contributed by atoms with Crippen LogP contribution in [0.2, 0.25) is 0 Å². The quantitative estimate of drug-likeness (QED) is 0.502. The smallest absolute Gasteiger partial charge is 0.323 e. The van der Waals surface area contributed by atoms with Crippen molar-refractivity contribution in [1.29, 1.82) is 0 Å². The lowest BCUT2D eigenvalue weighted by atomic mass is 10.0. The summed E-state index contributed by atoms with van der Waals surface area (Å²) < 4.78 is 5.09. The zero-order chi connectivity index (χ0) is 8.39. The van der Waals surface area contributed by atoms with E-state index in [1.165, 1.54) is 12.8 Å². The molecule has 0 aromatic heterocycles. The molecule has 2 heterocycles. The summed E-state index contributed by atoms with van der Waals surface area (Å²) in [4.78, 5) is 13.7. The van der Waals surface area contributed by atoms with E-state index in [1.54, 1.807) is 0 Å². The summed E-state index contributed by atoms with van der Waals surface area (Å²) in [6, 6.07) is 0.0845. The molecule has 0 aliphatic carbocycles. The van der Waals surface area contributed by atoms with E-state index in [-0.39, 0.29) is 12.0 Å². The fourth-order valence-electron chi connectivity index (χ4n) is 2.06. The molecule has 0 radical (unpaired) electrons. The van der Waals surface area contributed by atoms with E-state index in [0.717, 1.165) is 25.9 Å². The number of fused-ring (bicyclic) bond motifs is 1. The minimum absolute atomic E-state index is 0.00667. The summed E-state index contributed by atoms with van der Waals surface area (Å²) in [6.07, 6.45) is 4.42. The Morgan fingerprint density at radius 2 is 2.08 bits per heavy atom. The van der Waals surface area contributed by atoms with Gasteiger partial charge in [-0.25, -0.2) is 0 Å². The summed E-state index contributed by atoms with van der Waals surface area (Å²) in [7, 11) is 0. The fourth-order valence-corrected chi connectivity index (χ4v) is 2.06. The highest BCUT2D eigenvalue weighted by Gasteiger charge is 2.31. The molecule has 2 aliphatic rings. The molecule has 3 heteroatoms. The van der Waals surface area contributed by atoms with E-state index in [1.807, 2.05) is 0 Å². The third-order valence-corrected chi connectivity index (χ3v) is 2.72. The Labute approximate surface area is 72.7 Å². The van der Waals surface area contributed by atoms with Crippen LogP contribution in [0.1, 0.15) is 25.7 Å². The lowest BCUT2D eigenvalue weighted by Crippen LogP contribution is -2.43. The van der Waals surface area contributed by atoms with Gasteiger partial charge in [0.15, 0.2) is 0 Å². The molecule has 2 fully saturated rings. The highest BCUT2D eigenvalue weighted by molar-refractivity contribution is 5.76. The largest absolute Gasteiger partial charge is 0.464 e. The molecule has 0 aromatic carbocycles. The van der Waals surface area contributed by atoms with Gasteiger partial charge in [0.2, 0.25) is 0 Å². The molecule has 2 aliphatic heterocycles. The van der Waals surface area contributed by atoms with E-state index in [4.69, 9.17) is 4.74 Å². The first kappa shape index (κ1) is 8.05. The normalized spacial score (nSPS) is 32.0. The molecule has 2 rings (SSSR count). The number of cyclic esters (lactones) is 1. The van der Waals surface area contributed by atoms with Crippen molar-refractivity contribution in [3.05, 3.63) is 0 Å². The Morgan fingerprint density at radius 1 is 1.25 bits per heavy atom. The number of rotatable bonds is 0. The predicted molar refractivity (Wildman–Crippen MR) is 44.8 cm³/mol. The Balaban J connectivity index is 2.06. The maximum atomic E-state index is 11.4. The summed E-state index contributed by atoms with van der Waals surface area (Å²) in [6.45, 7) is 2.74. The van der Waals surface area contributed by atoms with E-state index in [2.05, 4.69) is 4.90 Å². The summed E-state index contributed by atoms with van der Waals surface area (Å²) >= 11 is 0. The molecule has 1 unspecified atom stereocenters. The number of ether oxygens (including phenoxy) is 1. The molecule has 0 aromatic rings. The second kappa shape index (κ2) is 3.44. The minimum atomic E-state index is 0.00667. The van der Waals surface area contributed by atoms with Crippen LogP contribution in [0.15, 0.2) is 0 Å². The van der Waals surface area contributed by atoms with Crippen LogP contribution in [0, 0.1) is 0 Å². The first-order valence-electron chi connectivity index (χ1n) is 4.78. The van der Waals surface area contributed by atoms with Crippen LogP contribution in [-0.2, 0) is 9.53 Å². The number of hydrogen-bond acceptors (Lipinski definition) is 3. The number of esters is 1. The number of nitrogens with zero attached hydrogens (tertiary/aromatic N) is 1. The van der Waals surface area contributed by atoms with Gasteiger partial charge in [-0.3, -0.25) is 9.69 Å². The van der Waals surface area contributed by atoms with Crippen LogP contribution in [0.4, 0.5) is 0 Å². The molecule has 68 valence electrons. The van der Waals surface area contributed by atoms with Crippen molar-refractivity contribution in [1.82, 2.24) is 4.90 Å². The molecule has 3 nitrogen and oxygen atoms in total. The number of hydrogen-bond donors (Lipinski definition) is 0. The summed E-state index contributed by atoms with van der Waals surface area (Å²) in [5, 5.41) is 0. The minimum Gasteiger partial charge on any atom is -0.464 e. The Hall–Kier alpha value is -0.570. The van der Waals surface area contributed by atoms with E-state index in [9.17, 15) is 4.79 Å². The third-order valence-electron chi connectivity index (χ3n) is 2.72. The van der Waals surface area contributed by atoms with Gasteiger partial charge in [0.05, 0.1) is 6.61 Å². The van der Waals surface area contributed by atoms with Crippen LogP contribution in [0.3, 0.4) is 0 Å². The standard InChI is InChI=1S/C9H15NO2/c11-9-8-4-1-2-5-10(8)6-3-7-12-9/h8H,1-7H2. The summed E-state index contributed by atoms with van der Waals surface area (Å²) in [5.74, 6) is 0.00667. The first-order chi connectivity index (χ1) is 5.88. The van der Waals surface area contributed by atoms with Gasteiger partial charge in [-0.1, -0.05) is 6.42 Å². The van der Waals surface area contributed by atoms with Crippen LogP contribution in [0.5, 0.6) is 0 Å². The molecular formula is C9H15NO2. The van der Waals surface area contributed by atoms with Crippen molar-refractivity contribution in [3.63, 3.8) is 0 Å². The van der Waals surface area contributed by atoms with E-state index in [0.29, 0.717) is 6.61 Å². The first-order valence-corrected chi connectivity index (χ1v) is 4.78. The van der Waals surface area contributed by atoms with Gasteiger partial charge in [0.1, 0.15) is 6.04 Å². The Bertz CT molecular complexity index is 181. The highest BCUT2D eigenvalue weighted by Crippen LogP contribution is 2.20. The van der Waals surface area contributed by atoms with Crippen molar-refractivity contribution in [3.8, 4) is 0 Å². The second-order valence-corrected chi connectivity index (χ2v) is 3.57. The van der Waals surface area contributed by atoms with Gasteiger partial charge in [-0.05, 0) is 25.8 Å². The maximum Gasteiger partial charge on any atom is 0.323 e. The van der Waals surface area contributed by atoms with Crippen molar-refractivity contribution in [2.45, 2.75) is 31.7 Å². The molecule has 1 atom stereocenters. The lowest BCUT2D eigenvalue weighted by Gasteiger charge is -2.31. The topological polar surface area (TPSA) is 29.5 Å². The van der Waals surface area contributed by atoms with Crippen LogP contribution >= 0.6 is 0 Å². The van der Waals surface area contributed by atoms with Crippen LogP contribution < -0.4 is 0 Å². The van der Waals surface area contributed by atoms with Crippen LogP contribution in [-0.4, -0.2) is 36.6 Å². The molecule has 0 N–H and O–H groups in total. The molecular weight excluding hydrogens is 154 g/mol. The Kier molecular flexibility index (Phi) is 2.30. The van der Waals surface area contributed by atoms with Gasteiger partial charge in [-0.15, -0.1) is 0 Å². The lowest BCUT2D eigenvalue weighted by molar-refractivity contribution is -0.148. The number of carbonyl (C=O) groups excluding carboxylic acids is 1. The Morgan fingerprint density at radius 3 is 3.00 bits per heavy atom. The van der Waals surface area contributed by atoms with Crippen molar-refractivity contribution < 1.29 is 9.53 Å². The zero-order valence-corrected chi connectivity index (χ0v) is 7.29. The molecule has 0 saturated carbocycles. The van der Waals surface area contributed by atoms with E-state index >= 15 is 0 Å². The number of carbonyl (C=O) groups is 1. The van der Waals surface area contributed by atoms with Crippen molar-refractivity contribution in [2.24, 2.45) is 0 Å². The van der Waals surface area contributed by atoms with Crippen molar-refractivity contribution in [2.75, 3.05) is 19.7 Å². The SMILES string of the molecule is O=C1OCCCN2CCCCC12. The molecule has 0 bridgehead atoms. The van der Waals surface area contributed by atoms with Gasteiger partial charge in [-0.2, -0.15) is 0 Å². The molecule has 12 heavy (non-hydrogen) atoms. The van der Waals surface area contributed by atoms with Crippen molar-refractivity contribution >= 4 is 5.97 Å². The molecule has 0 amide bonds. The fraction of sp³-hybridized carbons (Fsp3) is 0.889. The maximum absolute atomic E-state index is 11.4. The molecule has 0 spiro atoms. The van der Waals surface area contributed by atoms with Gasteiger partial charge >= 0.3 is 5.97 Å². The second-order valence-electron chi connectivity index (χ2n) is 3.57. The monoisotopic (exact) mass is 169 g/mol. The summed E-state index contributed by atoms with van der Waals surface area (Å²) in [5.41, 5.74) is 0. The zero-order valence-electron chi connectivity index (χ0n) is 7.29. The number of piperidine rings is 1. The molecule has 2 saturated heterocycles. The van der Waals surface area contributed by atoms with Gasteiger partial charge in [0.25, 0.3) is 0 Å². The third kappa shape index (κ3) is 1.46. The average molecular weight is 169 g/mol. The van der Waals surface area contributed by atoms with Crippen LogP contribution in [0.25, 0.3) is 0 Å². The average Bonchev–Trinajstić information content (AvgIpc) is 2.29. The highest BCUT2D eigenvalue weighted by atomic mass is 16.5.